The van der Waals surface area contributed by atoms with E-state index in [1.165, 1.54) is 6.26 Å². The SMILES string of the molecule is COc1ccc2occ(C(=O)COc3ccc(Br)cc3C#N)c2c1. The normalized spacial score (nSPS) is 10.4. The average molecular weight is 386 g/mol. The lowest BCUT2D eigenvalue weighted by Gasteiger charge is -2.07. The number of nitrogens with zero attached hydrogens (tertiary/aromatic N) is 1. The standard InChI is InChI=1S/C18H12BrNO4/c1-22-13-3-5-18-14(7-13)15(9-23-18)16(21)10-24-17-4-2-12(19)6-11(17)8-20/h2-7,9H,10H2,1H3. The van der Waals surface area contributed by atoms with Crippen molar-refractivity contribution in [1.82, 2.24) is 0 Å². The van der Waals surface area contributed by atoms with Gasteiger partial charge in [0, 0.05) is 9.86 Å². The summed E-state index contributed by atoms with van der Waals surface area (Å²) in [6.45, 7) is -0.192. The number of fused-ring (bicyclic) bond motifs is 1. The highest BCUT2D eigenvalue weighted by Crippen LogP contribution is 2.27. The molecule has 0 aliphatic carbocycles. The number of ketones is 1. The topological polar surface area (TPSA) is 72.5 Å². The van der Waals surface area contributed by atoms with Gasteiger partial charge in [-0.25, -0.2) is 0 Å². The Hall–Kier alpha value is -2.78. The Balaban J connectivity index is 1.82. The first-order valence-corrected chi connectivity index (χ1v) is 7.82. The minimum Gasteiger partial charge on any atom is -0.497 e. The summed E-state index contributed by atoms with van der Waals surface area (Å²) in [6, 6.07) is 12.3. The molecule has 1 heterocycles. The molecule has 0 fully saturated rings. The van der Waals surface area contributed by atoms with E-state index in [1.54, 1.807) is 43.5 Å². The van der Waals surface area contributed by atoms with E-state index >= 15 is 0 Å². The first-order chi connectivity index (χ1) is 11.6. The van der Waals surface area contributed by atoms with Crippen molar-refractivity contribution in [1.29, 1.82) is 5.26 Å². The van der Waals surface area contributed by atoms with Crippen LogP contribution in [0, 0.1) is 11.3 Å². The van der Waals surface area contributed by atoms with Crippen molar-refractivity contribution in [3.05, 3.63) is 58.3 Å². The Bertz CT molecular complexity index is 955. The van der Waals surface area contributed by atoms with Gasteiger partial charge in [-0.1, -0.05) is 15.9 Å². The first-order valence-electron chi connectivity index (χ1n) is 7.03. The Kier molecular flexibility index (Phi) is 4.54. The maximum atomic E-state index is 12.4. The largest absolute Gasteiger partial charge is 0.497 e. The number of hydrogen-bond donors (Lipinski definition) is 0. The Morgan fingerprint density at radius 2 is 2.12 bits per heavy atom. The molecule has 0 saturated heterocycles. The van der Waals surface area contributed by atoms with Crippen LogP contribution in [0.15, 0.2) is 51.6 Å². The lowest BCUT2D eigenvalue weighted by atomic mass is 10.1. The van der Waals surface area contributed by atoms with Crippen LogP contribution < -0.4 is 9.47 Å². The zero-order valence-corrected chi connectivity index (χ0v) is 14.3. The molecule has 3 rings (SSSR count). The zero-order valence-electron chi connectivity index (χ0n) is 12.7. The van der Waals surface area contributed by atoms with Gasteiger partial charge in [0.2, 0.25) is 5.78 Å². The van der Waals surface area contributed by atoms with Crippen LogP contribution in [0.1, 0.15) is 15.9 Å². The smallest absolute Gasteiger partial charge is 0.204 e. The molecule has 0 bridgehead atoms. The van der Waals surface area contributed by atoms with Crippen molar-refractivity contribution in [2.24, 2.45) is 0 Å². The fourth-order valence-corrected chi connectivity index (χ4v) is 2.65. The number of ether oxygens (including phenoxy) is 2. The lowest BCUT2D eigenvalue weighted by molar-refractivity contribution is 0.0922. The lowest BCUT2D eigenvalue weighted by Crippen LogP contribution is -2.11. The van der Waals surface area contributed by atoms with Crippen molar-refractivity contribution < 1.29 is 18.7 Å². The fraction of sp³-hybridized carbons (Fsp3) is 0.111. The molecule has 1 aromatic heterocycles. The number of hydrogen-bond acceptors (Lipinski definition) is 5. The minimum atomic E-state index is -0.242. The average Bonchev–Trinajstić information content (AvgIpc) is 3.03. The highest BCUT2D eigenvalue weighted by molar-refractivity contribution is 9.10. The number of methoxy groups -OCH3 is 1. The number of rotatable bonds is 5. The van der Waals surface area contributed by atoms with Crippen molar-refractivity contribution in [2.45, 2.75) is 0 Å². The van der Waals surface area contributed by atoms with Crippen molar-refractivity contribution >= 4 is 32.7 Å². The summed E-state index contributed by atoms with van der Waals surface area (Å²) in [5, 5.41) is 9.79. The molecule has 0 radical (unpaired) electrons. The molecule has 2 aromatic carbocycles. The molecule has 0 unspecified atom stereocenters. The molecular formula is C18H12BrNO4. The highest BCUT2D eigenvalue weighted by Gasteiger charge is 2.16. The molecule has 0 atom stereocenters. The maximum absolute atomic E-state index is 12.4. The Labute approximate surface area is 146 Å². The van der Waals surface area contributed by atoms with Crippen LogP contribution in [-0.4, -0.2) is 19.5 Å². The quantitative estimate of drug-likeness (QED) is 0.610. The molecule has 5 nitrogen and oxygen atoms in total. The molecule has 0 aliphatic rings. The van der Waals surface area contributed by atoms with Crippen molar-refractivity contribution in [3.8, 4) is 17.6 Å². The minimum absolute atomic E-state index is 0.192. The number of nitriles is 1. The molecule has 0 aliphatic heterocycles. The van der Waals surface area contributed by atoms with Crippen LogP contribution in [0.5, 0.6) is 11.5 Å². The molecule has 0 amide bonds. The molecule has 0 spiro atoms. The number of benzene rings is 2. The summed E-state index contributed by atoms with van der Waals surface area (Å²) in [6.07, 6.45) is 1.41. The Morgan fingerprint density at radius 1 is 1.29 bits per heavy atom. The molecule has 3 aromatic rings. The molecule has 0 N–H and O–H groups in total. The van der Waals surface area contributed by atoms with E-state index in [1.807, 2.05) is 6.07 Å². The van der Waals surface area contributed by atoms with E-state index < -0.39 is 0 Å². The predicted molar refractivity (Wildman–Crippen MR) is 91.4 cm³/mol. The monoisotopic (exact) mass is 385 g/mol. The van der Waals surface area contributed by atoms with E-state index in [0.717, 1.165) is 4.47 Å². The molecule has 0 saturated carbocycles. The van der Waals surface area contributed by atoms with E-state index in [0.29, 0.717) is 33.6 Å². The third kappa shape index (κ3) is 3.12. The second kappa shape index (κ2) is 6.77. The Morgan fingerprint density at radius 3 is 2.88 bits per heavy atom. The third-order valence-corrected chi connectivity index (χ3v) is 4.00. The van der Waals surface area contributed by atoms with Gasteiger partial charge in [0.05, 0.1) is 18.2 Å². The second-order valence-corrected chi connectivity index (χ2v) is 5.89. The summed E-state index contributed by atoms with van der Waals surface area (Å²) in [5.41, 5.74) is 1.37. The van der Waals surface area contributed by atoms with Crippen LogP contribution in [0.2, 0.25) is 0 Å². The number of carbonyl (C=O) groups is 1. The van der Waals surface area contributed by atoms with Crippen LogP contribution in [-0.2, 0) is 0 Å². The third-order valence-electron chi connectivity index (χ3n) is 3.50. The number of Topliss-reactive ketones (excluding diaryl/α,β-unsaturated/α-hetero) is 1. The summed E-state index contributed by atoms with van der Waals surface area (Å²) < 4.78 is 16.8. The summed E-state index contributed by atoms with van der Waals surface area (Å²) in [7, 11) is 1.56. The van der Waals surface area contributed by atoms with Crippen molar-refractivity contribution in [2.75, 3.05) is 13.7 Å². The summed E-state index contributed by atoms with van der Waals surface area (Å²) in [5.74, 6) is 0.756. The van der Waals surface area contributed by atoms with Crippen molar-refractivity contribution in [3.63, 3.8) is 0 Å². The van der Waals surface area contributed by atoms with E-state index in [-0.39, 0.29) is 12.4 Å². The van der Waals surface area contributed by atoms with E-state index in [9.17, 15) is 4.79 Å². The summed E-state index contributed by atoms with van der Waals surface area (Å²) in [4.78, 5) is 12.4. The van der Waals surface area contributed by atoms with E-state index in [2.05, 4.69) is 15.9 Å². The fourth-order valence-electron chi connectivity index (χ4n) is 2.29. The van der Waals surface area contributed by atoms with Gasteiger partial charge in [-0.2, -0.15) is 5.26 Å². The van der Waals surface area contributed by atoms with Gasteiger partial charge in [-0.3, -0.25) is 4.79 Å². The van der Waals surface area contributed by atoms with Gasteiger partial charge in [-0.05, 0) is 36.4 Å². The van der Waals surface area contributed by atoms with Crippen LogP contribution in [0.4, 0.5) is 0 Å². The van der Waals surface area contributed by atoms with Gasteiger partial charge in [0.1, 0.15) is 29.4 Å². The van der Waals surface area contributed by atoms with Crippen LogP contribution in [0.3, 0.4) is 0 Å². The molecule has 6 heteroatoms. The van der Waals surface area contributed by atoms with Crippen LogP contribution >= 0.6 is 15.9 Å². The van der Waals surface area contributed by atoms with Gasteiger partial charge >= 0.3 is 0 Å². The highest BCUT2D eigenvalue weighted by atomic mass is 79.9. The van der Waals surface area contributed by atoms with E-state index in [4.69, 9.17) is 19.2 Å². The number of furan rings is 1. The molecule has 120 valence electrons. The maximum Gasteiger partial charge on any atom is 0.204 e. The predicted octanol–water partition coefficient (Wildman–Crippen LogP) is 4.34. The van der Waals surface area contributed by atoms with Gasteiger partial charge < -0.3 is 13.9 Å². The van der Waals surface area contributed by atoms with Gasteiger partial charge in [0.25, 0.3) is 0 Å². The number of halogens is 1. The van der Waals surface area contributed by atoms with Crippen LogP contribution in [0.25, 0.3) is 11.0 Å². The summed E-state index contributed by atoms with van der Waals surface area (Å²) >= 11 is 3.29. The van der Waals surface area contributed by atoms with Gasteiger partial charge in [-0.15, -0.1) is 0 Å². The first kappa shape index (κ1) is 16.1. The second-order valence-electron chi connectivity index (χ2n) is 4.98. The zero-order chi connectivity index (χ0) is 17.1. The number of carbonyl (C=O) groups excluding carboxylic acids is 1. The molecular weight excluding hydrogens is 374 g/mol. The molecule has 24 heavy (non-hydrogen) atoms. The van der Waals surface area contributed by atoms with Gasteiger partial charge in [0.15, 0.2) is 6.61 Å².